The Morgan fingerprint density at radius 3 is 2.53 bits per heavy atom. The predicted molar refractivity (Wildman–Crippen MR) is 96.6 cm³/mol. The second kappa shape index (κ2) is 10.1. The van der Waals surface area contributed by atoms with Crippen molar-refractivity contribution < 1.29 is 0 Å². The van der Waals surface area contributed by atoms with Crippen molar-refractivity contribution in [1.29, 1.82) is 0 Å². The van der Waals surface area contributed by atoms with Crippen LogP contribution in [0.3, 0.4) is 0 Å². The van der Waals surface area contributed by atoms with Gasteiger partial charge >= 0.3 is 0 Å². The van der Waals surface area contributed by atoms with E-state index in [1.807, 2.05) is 11.8 Å². The molecule has 0 spiro atoms. The Balaban J connectivity index is 0.00000180. The van der Waals surface area contributed by atoms with Crippen LogP contribution >= 0.6 is 35.7 Å². The maximum atomic E-state index is 6.03. The third-order valence-electron chi connectivity index (χ3n) is 4.10. The van der Waals surface area contributed by atoms with E-state index in [4.69, 9.17) is 5.73 Å². The number of hydrogen-bond acceptors (Lipinski definition) is 2. The van der Waals surface area contributed by atoms with Crippen LogP contribution in [0.25, 0.3) is 0 Å². The Kier molecular flexibility index (Phi) is 9.28. The lowest BCUT2D eigenvalue weighted by Gasteiger charge is -2.27. The standard InChI is InChI=1S/C14H27N3S.HI/c15-14(17-9-11-18-12-10-17)16-8-4-7-13-5-2-1-3-6-13;/h13H,1-12H2,(H2,15,16);1H. The molecule has 5 heteroatoms. The molecule has 1 saturated heterocycles. The molecular weight excluding hydrogens is 369 g/mol. The van der Waals surface area contributed by atoms with Gasteiger partial charge in [0.2, 0.25) is 0 Å². The summed E-state index contributed by atoms with van der Waals surface area (Å²) < 4.78 is 0. The molecule has 2 rings (SSSR count). The summed E-state index contributed by atoms with van der Waals surface area (Å²) in [6.07, 6.45) is 9.81. The van der Waals surface area contributed by atoms with Gasteiger partial charge in [0.15, 0.2) is 5.96 Å². The maximum Gasteiger partial charge on any atom is 0.191 e. The highest BCUT2D eigenvalue weighted by Crippen LogP contribution is 2.27. The molecule has 2 aliphatic rings. The minimum Gasteiger partial charge on any atom is -0.370 e. The SMILES string of the molecule is I.NC(=NCCCC1CCCCC1)N1CCSCC1. The molecule has 0 unspecified atom stereocenters. The number of aliphatic imine (C=N–C) groups is 1. The third-order valence-corrected chi connectivity index (χ3v) is 5.05. The van der Waals surface area contributed by atoms with Crippen molar-refractivity contribution in [3.05, 3.63) is 0 Å². The zero-order chi connectivity index (χ0) is 12.6. The number of guanidine groups is 1. The molecule has 0 aromatic heterocycles. The Morgan fingerprint density at radius 1 is 1.16 bits per heavy atom. The van der Waals surface area contributed by atoms with Gasteiger partial charge in [-0.25, -0.2) is 0 Å². The van der Waals surface area contributed by atoms with Crippen LogP contribution in [-0.4, -0.2) is 42.0 Å². The van der Waals surface area contributed by atoms with Gasteiger partial charge in [0.1, 0.15) is 0 Å². The van der Waals surface area contributed by atoms with E-state index in [9.17, 15) is 0 Å². The topological polar surface area (TPSA) is 41.6 Å². The van der Waals surface area contributed by atoms with E-state index >= 15 is 0 Å². The van der Waals surface area contributed by atoms with Crippen molar-refractivity contribution in [2.24, 2.45) is 16.6 Å². The summed E-state index contributed by atoms with van der Waals surface area (Å²) in [6, 6.07) is 0. The molecule has 1 heterocycles. The lowest BCUT2D eigenvalue weighted by atomic mass is 9.86. The summed E-state index contributed by atoms with van der Waals surface area (Å²) in [5.41, 5.74) is 6.03. The highest BCUT2D eigenvalue weighted by molar-refractivity contribution is 14.0. The summed E-state index contributed by atoms with van der Waals surface area (Å²) in [5.74, 6) is 4.14. The first-order valence-corrected chi connectivity index (χ1v) is 8.64. The Hall–Kier alpha value is 0.350. The highest BCUT2D eigenvalue weighted by Gasteiger charge is 2.13. The molecule has 2 N–H and O–H groups in total. The average Bonchev–Trinajstić information content (AvgIpc) is 2.45. The summed E-state index contributed by atoms with van der Waals surface area (Å²) in [5, 5.41) is 0. The van der Waals surface area contributed by atoms with Crippen LogP contribution in [0.4, 0.5) is 0 Å². The van der Waals surface area contributed by atoms with Gasteiger partial charge in [0, 0.05) is 31.1 Å². The summed E-state index contributed by atoms with van der Waals surface area (Å²) in [6.45, 7) is 3.07. The van der Waals surface area contributed by atoms with Gasteiger partial charge in [-0.15, -0.1) is 24.0 Å². The fraction of sp³-hybridized carbons (Fsp3) is 0.929. The summed E-state index contributed by atoms with van der Waals surface area (Å²) >= 11 is 2.01. The molecule has 112 valence electrons. The number of thioether (sulfide) groups is 1. The second-order valence-corrected chi connectivity index (χ2v) is 6.71. The first-order chi connectivity index (χ1) is 8.86. The molecular formula is C14H28IN3S. The van der Waals surface area contributed by atoms with E-state index in [1.165, 1.54) is 56.5 Å². The van der Waals surface area contributed by atoms with Crippen LogP contribution in [0.15, 0.2) is 4.99 Å². The molecule has 0 bridgehead atoms. The van der Waals surface area contributed by atoms with E-state index in [-0.39, 0.29) is 24.0 Å². The predicted octanol–water partition coefficient (Wildman–Crippen LogP) is 3.33. The molecule has 1 saturated carbocycles. The normalized spacial score (nSPS) is 22.1. The van der Waals surface area contributed by atoms with Crippen LogP contribution in [0.1, 0.15) is 44.9 Å². The molecule has 0 aromatic carbocycles. The molecule has 1 aliphatic heterocycles. The lowest BCUT2D eigenvalue weighted by Crippen LogP contribution is -2.42. The van der Waals surface area contributed by atoms with Gasteiger partial charge < -0.3 is 10.6 Å². The molecule has 0 aromatic rings. The van der Waals surface area contributed by atoms with Gasteiger partial charge in [-0.05, 0) is 18.8 Å². The average molecular weight is 397 g/mol. The first kappa shape index (κ1) is 17.4. The fourth-order valence-corrected chi connectivity index (χ4v) is 3.84. The number of hydrogen-bond donors (Lipinski definition) is 1. The summed E-state index contributed by atoms with van der Waals surface area (Å²) in [7, 11) is 0. The van der Waals surface area contributed by atoms with Crippen molar-refractivity contribution in [2.75, 3.05) is 31.1 Å². The number of halogens is 1. The van der Waals surface area contributed by atoms with Crippen molar-refractivity contribution >= 4 is 41.7 Å². The Bertz CT molecular complexity index is 261. The maximum absolute atomic E-state index is 6.03. The number of rotatable bonds is 4. The van der Waals surface area contributed by atoms with Crippen LogP contribution in [0, 0.1) is 5.92 Å². The molecule has 0 atom stereocenters. The number of nitrogens with zero attached hydrogens (tertiary/aromatic N) is 2. The van der Waals surface area contributed by atoms with Gasteiger partial charge in [0.05, 0.1) is 0 Å². The van der Waals surface area contributed by atoms with Crippen molar-refractivity contribution in [1.82, 2.24) is 4.90 Å². The minimum atomic E-state index is 0. The Labute approximate surface area is 139 Å². The van der Waals surface area contributed by atoms with Crippen molar-refractivity contribution in [2.45, 2.75) is 44.9 Å². The van der Waals surface area contributed by atoms with Crippen molar-refractivity contribution in [3.8, 4) is 0 Å². The van der Waals surface area contributed by atoms with E-state index < -0.39 is 0 Å². The third kappa shape index (κ3) is 6.56. The smallest absolute Gasteiger partial charge is 0.191 e. The summed E-state index contributed by atoms with van der Waals surface area (Å²) in [4.78, 5) is 6.78. The number of nitrogens with two attached hydrogens (primary N) is 1. The van der Waals surface area contributed by atoms with Gasteiger partial charge in [-0.1, -0.05) is 32.1 Å². The van der Waals surface area contributed by atoms with Gasteiger partial charge in [-0.2, -0.15) is 11.8 Å². The first-order valence-electron chi connectivity index (χ1n) is 7.49. The van der Waals surface area contributed by atoms with Gasteiger partial charge in [0.25, 0.3) is 0 Å². The van der Waals surface area contributed by atoms with Crippen molar-refractivity contribution in [3.63, 3.8) is 0 Å². The van der Waals surface area contributed by atoms with E-state index in [0.29, 0.717) is 0 Å². The van der Waals surface area contributed by atoms with E-state index in [0.717, 1.165) is 31.5 Å². The molecule has 0 radical (unpaired) electrons. The zero-order valence-electron chi connectivity index (χ0n) is 11.9. The molecule has 3 nitrogen and oxygen atoms in total. The second-order valence-electron chi connectivity index (χ2n) is 5.49. The van der Waals surface area contributed by atoms with Crippen LogP contribution in [0.5, 0.6) is 0 Å². The molecule has 0 amide bonds. The van der Waals surface area contributed by atoms with E-state index in [2.05, 4.69) is 9.89 Å². The van der Waals surface area contributed by atoms with Crippen LogP contribution < -0.4 is 5.73 Å². The quantitative estimate of drug-likeness (QED) is 0.343. The van der Waals surface area contributed by atoms with Crippen LogP contribution in [-0.2, 0) is 0 Å². The Morgan fingerprint density at radius 2 is 1.84 bits per heavy atom. The molecule has 2 fully saturated rings. The monoisotopic (exact) mass is 397 g/mol. The largest absolute Gasteiger partial charge is 0.370 e. The fourth-order valence-electron chi connectivity index (χ4n) is 2.94. The highest BCUT2D eigenvalue weighted by atomic mass is 127. The minimum absolute atomic E-state index is 0. The zero-order valence-corrected chi connectivity index (χ0v) is 15.0. The molecule has 19 heavy (non-hydrogen) atoms. The molecule has 1 aliphatic carbocycles. The van der Waals surface area contributed by atoms with Crippen LogP contribution in [0.2, 0.25) is 0 Å². The van der Waals surface area contributed by atoms with E-state index in [1.54, 1.807) is 0 Å². The van der Waals surface area contributed by atoms with Gasteiger partial charge in [-0.3, -0.25) is 4.99 Å². The lowest BCUT2D eigenvalue weighted by molar-refractivity contribution is 0.334.